The minimum absolute atomic E-state index is 0.0573. The molecule has 1 amide bonds. The maximum absolute atomic E-state index is 13.2. The molecule has 3 unspecified atom stereocenters. The fourth-order valence-electron chi connectivity index (χ4n) is 8.11. The number of unbranched alkanes of at least 4 members (excludes halogenated alkanes) is 29. The van der Waals surface area contributed by atoms with Gasteiger partial charge in [0, 0.05) is 6.42 Å². The second kappa shape index (κ2) is 49.8. The van der Waals surface area contributed by atoms with E-state index in [4.69, 9.17) is 4.74 Å². The first-order chi connectivity index (χ1) is 30.5. The van der Waals surface area contributed by atoms with Crippen LogP contribution in [-0.2, 0) is 14.3 Å². The van der Waals surface area contributed by atoms with Gasteiger partial charge in [0.25, 0.3) is 0 Å². The zero-order valence-electron chi connectivity index (χ0n) is 41.3. The minimum Gasteiger partial charge on any atom is -0.462 e. The van der Waals surface area contributed by atoms with E-state index < -0.39 is 18.2 Å². The van der Waals surface area contributed by atoms with Crippen LogP contribution in [0.15, 0.2) is 48.6 Å². The molecular formula is C56H103NO5. The lowest BCUT2D eigenvalue weighted by atomic mass is 10.0. The number of aliphatic hydroxyl groups is 2. The van der Waals surface area contributed by atoms with Crippen LogP contribution in [0.25, 0.3) is 0 Å². The molecule has 62 heavy (non-hydrogen) atoms. The summed E-state index contributed by atoms with van der Waals surface area (Å²) in [7, 11) is 0. The third-order valence-corrected chi connectivity index (χ3v) is 12.2. The number of allylic oxidation sites excluding steroid dienone is 8. The number of nitrogens with one attached hydrogen (secondary N) is 1. The molecule has 0 aromatic heterocycles. The van der Waals surface area contributed by atoms with Crippen molar-refractivity contribution >= 4 is 11.9 Å². The molecule has 362 valence electrons. The highest BCUT2D eigenvalue weighted by atomic mass is 16.5. The normalized spacial score (nSPS) is 13.6. The van der Waals surface area contributed by atoms with E-state index in [-0.39, 0.29) is 24.9 Å². The Labute approximate surface area is 385 Å². The van der Waals surface area contributed by atoms with Gasteiger partial charge in [0.15, 0.2) is 0 Å². The van der Waals surface area contributed by atoms with Crippen molar-refractivity contribution in [2.45, 2.75) is 289 Å². The number of rotatable bonds is 48. The van der Waals surface area contributed by atoms with Gasteiger partial charge in [0.05, 0.1) is 25.2 Å². The van der Waals surface area contributed by atoms with Crippen LogP contribution in [0.4, 0.5) is 0 Å². The van der Waals surface area contributed by atoms with Crippen LogP contribution in [0.2, 0.25) is 0 Å². The van der Waals surface area contributed by atoms with E-state index in [2.05, 4.69) is 74.7 Å². The fraction of sp³-hybridized carbons (Fsp3) is 0.821. The third-order valence-electron chi connectivity index (χ3n) is 12.2. The Balaban J connectivity index is 4.63. The molecule has 0 rings (SSSR count). The summed E-state index contributed by atoms with van der Waals surface area (Å²) in [5.74, 6) is -0.503. The molecule has 0 aromatic carbocycles. The number of ether oxygens (including phenoxy) is 1. The molecule has 0 spiro atoms. The molecule has 0 aliphatic carbocycles. The Morgan fingerprint density at radius 1 is 0.500 bits per heavy atom. The van der Waals surface area contributed by atoms with Gasteiger partial charge in [-0.25, -0.2) is 0 Å². The van der Waals surface area contributed by atoms with Crippen LogP contribution in [0.5, 0.6) is 0 Å². The van der Waals surface area contributed by atoms with E-state index >= 15 is 0 Å². The first kappa shape index (κ1) is 59.8. The molecule has 0 fully saturated rings. The van der Waals surface area contributed by atoms with E-state index in [1.54, 1.807) is 0 Å². The zero-order chi connectivity index (χ0) is 45.2. The Bertz CT molecular complexity index is 1070. The number of carbonyl (C=O) groups is 2. The van der Waals surface area contributed by atoms with Gasteiger partial charge >= 0.3 is 5.97 Å². The lowest BCUT2D eigenvalue weighted by Crippen LogP contribution is -2.46. The Hall–Kier alpha value is -2.18. The van der Waals surface area contributed by atoms with E-state index in [0.717, 1.165) is 89.9 Å². The van der Waals surface area contributed by atoms with Gasteiger partial charge in [-0.2, -0.15) is 0 Å². The van der Waals surface area contributed by atoms with E-state index in [0.29, 0.717) is 19.3 Å². The summed E-state index contributed by atoms with van der Waals surface area (Å²) in [6, 6.07) is -0.711. The summed E-state index contributed by atoms with van der Waals surface area (Å²) in [4.78, 5) is 26.2. The monoisotopic (exact) mass is 870 g/mol. The molecule has 0 saturated heterocycles. The van der Waals surface area contributed by atoms with Crippen LogP contribution in [-0.4, -0.2) is 46.9 Å². The molecule has 0 aliphatic heterocycles. The lowest BCUT2D eigenvalue weighted by molar-refractivity contribution is -0.151. The van der Waals surface area contributed by atoms with Crippen molar-refractivity contribution in [2.24, 2.45) is 0 Å². The maximum atomic E-state index is 13.2. The second-order valence-electron chi connectivity index (χ2n) is 18.3. The molecule has 0 bridgehead atoms. The van der Waals surface area contributed by atoms with Gasteiger partial charge < -0.3 is 20.3 Å². The molecule has 0 saturated carbocycles. The Morgan fingerprint density at radius 3 is 1.42 bits per heavy atom. The van der Waals surface area contributed by atoms with Crippen molar-refractivity contribution in [1.29, 1.82) is 0 Å². The highest BCUT2D eigenvalue weighted by Gasteiger charge is 2.24. The summed E-state index contributed by atoms with van der Waals surface area (Å²) in [5.41, 5.74) is 0. The van der Waals surface area contributed by atoms with Crippen molar-refractivity contribution < 1.29 is 24.5 Å². The third kappa shape index (κ3) is 44.4. The molecule has 6 nitrogen and oxygen atoms in total. The fourth-order valence-corrected chi connectivity index (χ4v) is 8.11. The smallest absolute Gasteiger partial charge is 0.306 e. The standard InChI is InChI=1S/C56H103NO5/c1-4-7-10-13-16-19-22-25-27-28-30-32-35-38-41-44-47-52(62-56(61)49-46-43-40-37-34-31-26-23-20-17-14-11-8-5-2)50-55(60)57-53(51-58)54(59)48-45-42-39-36-33-29-24-21-18-15-12-9-6-3/h8,11,17,20,27-28,30,32,52-54,58-59H,4-7,9-10,12-16,18-19,21-26,29,31,33-51H2,1-3H3,(H,57,60)/b11-8+,20-17+,28-27+,32-30+. The van der Waals surface area contributed by atoms with Crippen molar-refractivity contribution in [2.75, 3.05) is 6.61 Å². The van der Waals surface area contributed by atoms with Gasteiger partial charge in [-0.1, -0.05) is 230 Å². The Kier molecular flexibility index (Phi) is 48.1. The molecule has 6 heteroatoms. The molecule has 0 aromatic rings. The number of carbonyl (C=O) groups excluding carboxylic acids is 2. The molecule has 3 atom stereocenters. The second-order valence-corrected chi connectivity index (χ2v) is 18.3. The zero-order valence-corrected chi connectivity index (χ0v) is 41.3. The molecule has 3 N–H and O–H groups in total. The van der Waals surface area contributed by atoms with Gasteiger partial charge in [-0.3, -0.25) is 9.59 Å². The molecule has 0 radical (unpaired) electrons. The van der Waals surface area contributed by atoms with E-state index in [1.807, 2.05) is 0 Å². The van der Waals surface area contributed by atoms with Crippen LogP contribution in [0.3, 0.4) is 0 Å². The minimum atomic E-state index is -0.796. The van der Waals surface area contributed by atoms with Crippen molar-refractivity contribution in [3.05, 3.63) is 48.6 Å². The largest absolute Gasteiger partial charge is 0.462 e. The molecular weight excluding hydrogens is 767 g/mol. The quantitative estimate of drug-likeness (QED) is 0.0245. The van der Waals surface area contributed by atoms with Crippen LogP contribution >= 0.6 is 0 Å². The number of hydrogen-bond donors (Lipinski definition) is 3. The Morgan fingerprint density at radius 2 is 0.919 bits per heavy atom. The number of aliphatic hydroxyl groups excluding tert-OH is 2. The van der Waals surface area contributed by atoms with Crippen LogP contribution < -0.4 is 5.32 Å². The lowest BCUT2D eigenvalue weighted by Gasteiger charge is -2.24. The SMILES string of the molecule is CC/C=C/C/C=C/CCCCCCCCCC(=O)OC(CCCCC/C=C/C=C/CCCCCCCCC)CC(=O)NC(CO)C(O)CCCCCCCCCCCCCCC. The number of hydrogen-bond acceptors (Lipinski definition) is 5. The predicted octanol–water partition coefficient (Wildman–Crippen LogP) is 16.2. The summed E-state index contributed by atoms with van der Waals surface area (Å²) in [6.45, 7) is 6.38. The van der Waals surface area contributed by atoms with Crippen molar-refractivity contribution in [3.63, 3.8) is 0 Å². The van der Waals surface area contributed by atoms with Crippen molar-refractivity contribution in [3.8, 4) is 0 Å². The topological polar surface area (TPSA) is 95.9 Å². The van der Waals surface area contributed by atoms with E-state index in [1.165, 1.54) is 135 Å². The summed E-state index contributed by atoms with van der Waals surface area (Å²) in [5, 5.41) is 23.8. The molecule has 0 aliphatic rings. The molecule has 0 heterocycles. The van der Waals surface area contributed by atoms with Gasteiger partial charge in [-0.05, 0) is 77.0 Å². The highest BCUT2D eigenvalue weighted by molar-refractivity contribution is 5.77. The maximum Gasteiger partial charge on any atom is 0.306 e. The predicted molar refractivity (Wildman–Crippen MR) is 269 cm³/mol. The van der Waals surface area contributed by atoms with E-state index in [9.17, 15) is 19.8 Å². The van der Waals surface area contributed by atoms with Crippen molar-refractivity contribution in [1.82, 2.24) is 5.32 Å². The average molecular weight is 870 g/mol. The van der Waals surface area contributed by atoms with Gasteiger partial charge in [0.2, 0.25) is 5.91 Å². The first-order valence-corrected chi connectivity index (χ1v) is 26.9. The average Bonchev–Trinajstić information content (AvgIpc) is 3.26. The van der Waals surface area contributed by atoms with Gasteiger partial charge in [-0.15, -0.1) is 0 Å². The summed E-state index contributed by atoms with van der Waals surface area (Å²) >= 11 is 0. The summed E-state index contributed by atoms with van der Waals surface area (Å²) < 4.78 is 5.93. The number of amides is 1. The highest BCUT2D eigenvalue weighted by Crippen LogP contribution is 2.18. The summed E-state index contributed by atoms with van der Waals surface area (Å²) in [6.07, 6.45) is 60.3. The van der Waals surface area contributed by atoms with Gasteiger partial charge in [0.1, 0.15) is 6.10 Å². The number of esters is 1. The van der Waals surface area contributed by atoms with Crippen LogP contribution in [0.1, 0.15) is 271 Å². The van der Waals surface area contributed by atoms with Crippen LogP contribution in [0, 0.1) is 0 Å². The first-order valence-electron chi connectivity index (χ1n) is 26.9.